The molecular formula is C64H40N2O3. The topological polar surface area (TPSA) is 42.0 Å². The SMILES string of the molecule is c1ccc(-c2ccc(N(c3cccc4c3Oc3ccc(N(c5ccc(-c6ccccc6)cc5)c5cccc6c5oc5ccccc56)c5cccc-4c35)c3cccc4c3oc3ccccc34)cc2)cc1. The molecule has 1 aliphatic rings. The van der Waals surface area contributed by atoms with Gasteiger partial charge in [-0.05, 0) is 94.5 Å². The fourth-order valence-electron chi connectivity index (χ4n) is 10.5. The first-order chi connectivity index (χ1) is 34.2. The first-order valence-electron chi connectivity index (χ1n) is 23.3. The Kier molecular flexibility index (Phi) is 8.83. The molecule has 0 unspecified atom stereocenters. The van der Waals surface area contributed by atoms with Crippen LogP contribution in [0.3, 0.4) is 0 Å². The maximum atomic E-state index is 7.28. The van der Waals surface area contributed by atoms with Crippen molar-refractivity contribution >= 4 is 88.8 Å². The maximum Gasteiger partial charge on any atom is 0.159 e. The van der Waals surface area contributed by atoms with Crippen LogP contribution in [0.2, 0.25) is 0 Å². The van der Waals surface area contributed by atoms with Crippen LogP contribution >= 0.6 is 0 Å². The summed E-state index contributed by atoms with van der Waals surface area (Å²) in [6.45, 7) is 0. The zero-order valence-corrected chi connectivity index (χ0v) is 37.2. The molecule has 0 saturated carbocycles. The maximum absolute atomic E-state index is 7.28. The lowest BCUT2D eigenvalue weighted by Gasteiger charge is -2.32. The molecular weight excluding hydrogens is 845 g/mol. The molecule has 1 aliphatic heterocycles. The number of para-hydroxylation sites is 5. The molecule has 0 amide bonds. The molecule has 5 heteroatoms. The summed E-state index contributed by atoms with van der Waals surface area (Å²) in [7, 11) is 0. The van der Waals surface area contributed by atoms with E-state index in [-0.39, 0.29) is 0 Å². The number of benzene rings is 11. The highest BCUT2D eigenvalue weighted by Gasteiger charge is 2.30. The van der Waals surface area contributed by atoms with Crippen LogP contribution in [0.15, 0.2) is 251 Å². The molecule has 2 aromatic heterocycles. The molecule has 0 saturated heterocycles. The van der Waals surface area contributed by atoms with Gasteiger partial charge in [0.15, 0.2) is 16.9 Å². The largest absolute Gasteiger partial charge is 0.454 e. The Balaban J connectivity index is 0.958. The molecule has 11 aromatic carbocycles. The Bertz CT molecular complexity index is 4100. The Morgan fingerprint density at radius 1 is 0.275 bits per heavy atom. The van der Waals surface area contributed by atoms with Gasteiger partial charge < -0.3 is 23.4 Å². The van der Waals surface area contributed by atoms with Crippen LogP contribution in [-0.2, 0) is 0 Å². The van der Waals surface area contributed by atoms with Gasteiger partial charge in [-0.1, -0.05) is 176 Å². The second-order valence-corrected chi connectivity index (χ2v) is 17.6. The molecule has 0 N–H and O–H groups in total. The zero-order valence-electron chi connectivity index (χ0n) is 37.2. The van der Waals surface area contributed by atoms with E-state index in [4.69, 9.17) is 13.6 Å². The van der Waals surface area contributed by atoms with Gasteiger partial charge in [0, 0.05) is 49.3 Å². The third kappa shape index (κ3) is 6.25. The van der Waals surface area contributed by atoms with Crippen LogP contribution < -0.4 is 14.5 Å². The lowest BCUT2D eigenvalue weighted by atomic mass is 9.92. The summed E-state index contributed by atoms with van der Waals surface area (Å²) in [5.74, 6) is 1.55. The van der Waals surface area contributed by atoms with Gasteiger partial charge in [-0.2, -0.15) is 0 Å². The molecule has 0 fully saturated rings. The van der Waals surface area contributed by atoms with Gasteiger partial charge in [-0.15, -0.1) is 0 Å². The van der Waals surface area contributed by atoms with Crippen molar-refractivity contribution in [2.24, 2.45) is 0 Å². The van der Waals surface area contributed by atoms with E-state index in [1.54, 1.807) is 0 Å². The minimum absolute atomic E-state index is 0.769. The standard InChI is InChI=1S/C64H40N2O3/c1-3-15-41(16-4-1)43-31-35-45(36-32-43)65(55-26-12-22-50-47-19-7-9-29-58(47)67-62(50)55)54-39-40-60-61-49(21-11-25-53(54)61)52-24-14-28-57(64(52)69-60)66(46-37-33-44(34-38-46)42-17-5-2-6-18-42)56-27-13-23-51-48-20-8-10-30-59(48)68-63(51)56/h1-40H. The van der Waals surface area contributed by atoms with Crippen molar-refractivity contribution in [2.45, 2.75) is 0 Å². The molecule has 0 atom stereocenters. The Labute approximate surface area is 397 Å². The van der Waals surface area contributed by atoms with E-state index in [9.17, 15) is 0 Å². The van der Waals surface area contributed by atoms with E-state index in [0.717, 1.165) is 128 Å². The second kappa shape index (κ2) is 15.7. The molecule has 13 aromatic rings. The summed E-state index contributed by atoms with van der Waals surface area (Å²) in [5, 5.41) is 6.39. The number of ether oxygens (including phenoxy) is 1. The third-order valence-corrected chi connectivity index (χ3v) is 13.7. The number of anilines is 6. The molecule has 0 bridgehead atoms. The van der Waals surface area contributed by atoms with E-state index in [1.807, 2.05) is 24.3 Å². The van der Waals surface area contributed by atoms with Crippen LogP contribution in [0.1, 0.15) is 0 Å². The van der Waals surface area contributed by atoms with E-state index >= 15 is 0 Å². The van der Waals surface area contributed by atoms with Gasteiger partial charge >= 0.3 is 0 Å². The number of rotatable bonds is 8. The molecule has 14 rings (SSSR count). The summed E-state index contributed by atoms with van der Waals surface area (Å²) in [6.07, 6.45) is 0. The second-order valence-electron chi connectivity index (χ2n) is 17.6. The van der Waals surface area contributed by atoms with E-state index < -0.39 is 0 Å². The number of hydrogen-bond acceptors (Lipinski definition) is 5. The van der Waals surface area contributed by atoms with Crippen molar-refractivity contribution in [2.75, 3.05) is 9.80 Å². The van der Waals surface area contributed by atoms with Crippen LogP contribution in [0.25, 0.3) is 88.0 Å². The highest BCUT2D eigenvalue weighted by atomic mass is 16.5. The van der Waals surface area contributed by atoms with Crippen LogP contribution in [0, 0.1) is 0 Å². The number of hydrogen-bond donors (Lipinski definition) is 0. The van der Waals surface area contributed by atoms with Crippen LogP contribution in [-0.4, -0.2) is 0 Å². The fourth-order valence-corrected chi connectivity index (χ4v) is 10.5. The molecule has 5 nitrogen and oxygen atoms in total. The molecule has 0 spiro atoms. The summed E-state index contributed by atoms with van der Waals surface area (Å²) >= 11 is 0. The lowest BCUT2D eigenvalue weighted by Crippen LogP contribution is -2.13. The molecule has 0 radical (unpaired) electrons. The van der Waals surface area contributed by atoms with Gasteiger partial charge in [0.2, 0.25) is 0 Å². The first kappa shape index (κ1) is 38.9. The molecule has 0 aliphatic carbocycles. The summed E-state index contributed by atoms with van der Waals surface area (Å²) in [4.78, 5) is 4.62. The Morgan fingerprint density at radius 3 is 1.29 bits per heavy atom. The van der Waals surface area contributed by atoms with Crippen molar-refractivity contribution in [3.8, 4) is 44.9 Å². The number of nitrogens with zero attached hydrogens (tertiary/aromatic N) is 2. The Hall–Kier alpha value is -9.32. The van der Waals surface area contributed by atoms with Gasteiger partial charge in [-0.3, -0.25) is 0 Å². The average molecular weight is 885 g/mol. The van der Waals surface area contributed by atoms with Gasteiger partial charge in [0.05, 0.1) is 22.7 Å². The normalized spacial score (nSPS) is 11.9. The van der Waals surface area contributed by atoms with Crippen LogP contribution in [0.5, 0.6) is 11.5 Å². The Morgan fingerprint density at radius 2 is 0.710 bits per heavy atom. The number of fused-ring (bicyclic) bond motifs is 8. The lowest BCUT2D eigenvalue weighted by molar-refractivity contribution is 0.488. The third-order valence-electron chi connectivity index (χ3n) is 13.7. The summed E-state index contributed by atoms with van der Waals surface area (Å²) in [6, 6.07) is 85.4. The van der Waals surface area contributed by atoms with Crippen molar-refractivity contribution in [3.63, 3.8) is 0 Å². The summed E-state index contributed by atoms with van der Waals surface area (Å²) < 4.78 is 20.8. The van der Waals surface area contributed by atoms with Crippen LogP contribution in [0.4, 0.5) is 34.1 Å². The minimum Gasteiger partial charge on any atom is -0.454 e. The average Bonchev–Trinajstić information content (AvgIpc) is 4.00. The molecule has 324 valence electrons. The van der Waals surface area contributed by atoms with Crippen molar-refractivity contribution in [3.05, 3.63) is 243 Å². The predicted octanol–water partition coefficient (Wildman–Crippen LogP) is 18.7. The van der Waals surface area contributed by atoms with E-state index in [1.165, 1.54) is 5.56 Å². The number of furan rings is 2. The summed E-state index contributed by atoms with van der Waals surface area (Å²) in [5.41, 5.74) is 15.8. The van der Waals surface area contributed by atoms with Gasteiger partial charge in [0.25, 0.3) is 0 Å². The predicted molar refractivity (Wildman–Crippen MR) is 284 cm³/mol. The van der Waals surface area contributed by atoms with Crippen molar-refractivity contribution in [1.29, 1.82) is 0 Å². The first-order valence-corrected chi connectivity index (χ1v) is 23.3. The van der Waals surface area contributed by atoms with E-state index in [2.05, 4.69) is 228 Å². The highest BCUT2D eigenvalue weighted by Crippen LogP contribution is 2.56. The van der Waals surface area contributed by atoms with Crippen molar-refractivity contribution < 1.29 is 13.6 Å². The quantitative estimate of drug-likeness (QED) is 0.152. The van der Waals surface area contributed by atoms with Crippen molar-refractivity contribution in [1.82, 2.24) is 0 Å². The monoisotopic (exact) mass is 884 g/mol. The zero-order chi connectivity index (χ0) is 45.4. The smallest absolute Gasteiger partial charge is 0.159 e. The molecule has 3 heterocycles. The fraction of sp³-hybridized carbons (Fsp3) is 0. The van der Waals surface area contributed by atoms with Gasteiger partial charge in [0.1, 0.15) is 16.9 Å². The minimum atomic E-state index is 0.769. The van der Waals surface area contributed by atoms with E-state index in [0.29, 0.717) is 0 Å². The van der Waals surface area contributed by atoms with Gasteiger partial charge in [-0.25, -0.2) is 0 Å². The highest BCUT2D eigenvalue weighted by molar-refractivity contribution is 6.16. The molecule has 69 heavy (non-hydrogen) atoms.